The number of ether oxygens (including phenoxy) is 1. The molecule has 3 rings (SSSR count). The number of methoxy groups -OCH3 is 1. The molecule has 1 heterocycles. The number of aromatic amines is 1. The van der Waals surface area contributed by atoms with Crippen molar-refractivity contribution >= 4 is 40.8 Å². The van der Waals surface area contributed by atoms with Gasteiger partial charge in [0.25, 0.3) is 0 Å². The van der Waals surface area contributed by atoms with E-state index in [1.807, 2.05) is 18.2 Å². The summed E-state index contributed by atoms with van der Waals surface area (Å²) in [5.41, 5.74) is 4.99. The highest BCUT2D eigenvalue weighted by molar-refractivity contribution is 14.0. The summed E-state index contributed by atoms with van der Waals surface area (Å²) in [5.74, 6) is 1.75. The number of guanidine groups is 1. The number of nitrogens with zero attached hydrogens (tertiary/aromatic N) is 1. The molecule has 5 nitrogen and oxygen atoms in total. The summed E-state index contributed by atoms with van der Waals surface area (Å²) in [6, 6.07) is 16.6. The number of benzene rings is 2. The van der Waals surface area contributed by atoms with Crippen LogP contribution in [0.3, 0.4) is 0 Å². The monoisotopic (exact) mass is 492 g/mol. The summed E-state index contributed by atoms with van der Waals surface area (Å²) in [5, 5.41) is 8.09. The molecule has 0 unspecified atom stereocenters. The molecule has 0 radical (unpaired) electrons. The first kappa shape index (κ1) is 22.1. The summed E-state index contributed by atoms with van der Waals surface area (Å²) in [6.07, 6.45) is 1.83. The predicted molar refractivity (Wildman–Crippen MR) is 128 cm³/mol. The van der Waals surface area contributed by atoms with Gasteiger partial charge in [0, 0.05) is 36.7 Å². The fraction of sp³-hybridized carbons (Fsp3) is 0.318. The molecule has 0 amide bonds. The van der Waals surface area contributed by atoms with E-state index >= 15 is 0 Å². The van der Waals surface area contributed by atoms with E-state index in [1.165, 1.54) is 27.7 Å². The van der Waals surface area contributed by atoms with E-state index < -0.39 is 0 Å². The lowest BCUT2D eigenvalue weighted by atomic mass is 10.1. The maximum atomic E-state index is 5.41. The van der Waals surface area contributed by atoms with Gasteiger partial charge >= 0.3 is 0 Å². The molecule has 6 heteroatoms. The van der Waals surface area contributed by atoms with Gasteiger partial charge in [0.15, 0.2) is 5.96 Å². The lowest BCUT2D eigenvalue weighted by Crippen LogP contribution is -2.39. The Labute approximate surface area is 184 Å². The third-order valence-electron chi connectivity index (χ3n) is 4.80. The third kappa shape index (κ3) is 5.41. The van der Waals surface area contributed by atoms with Crippen LogP contribution >= 0.6 is 24.0 Å². The van der Waals surface area contributed by atoms with Gasteiger partial charge in [-0.2, -0.15) is 0 Å². The molecule has 0 saturated carbocycles. The quantitative estimate of drug-likeness (QED) is 0.265. The highest BCUT2D eigenvalue weighted by Crippen LogP contribution is 2.22. The first-order chi connectivity index (χ1) is 13.2. The number of rotatable bonds is 7. The van der Waals surface area contributed by atoms with Gasteiger partial charge in [-0.1, -0.05) is 36.4 Å². The standard InChI is InChI=1S/C22H28N4O.HI/c1-16-18(19-9-5-6-10-20(19)26-16)13-15-25-22(23-2)24-14-12-17-8-4-7-11-21(17)27-3;/h4-11,26H,12-15H2,1-3H3,(H2,23,24,25);1H. The zero-order valence-electron chi connectivity index (χ0n) is 16.7. The normalized spacial score (nSPS) is 11.2. The van der Waals surface area contributed by atoms with Crippen LogP contribution in [0.5, 0.6) is 5.75 Å². The van der Waals surface area contributed by atoms with E-state index in [0.29, 0.717) is 0 Å². The van der Waals surface area contributed by atoms with Gasteiger partial charge in [0.05, 0.1) is 7.11 Å². The minimum absolute atomic E-state index is 0. The fourth-order valence-electron chi connectivity index (χ4n) is 3.41. The third-order valence-corrected chi connectivity index (χ3v) is 4.80. The number of aliphatic imine (C=N–C) groups is 1. The van der Waals surface area contributed by atoms with Crippen LogP contribution in [-0.4, -0.2) is 38.2 Å². The Morgan fingerprint density at radius 1 is 1.00 bits per heavy atom. The Hall–Kier alpha value is -2.22. The maximum Gasteiger partial charge on any atom is 0.190 e. The number of halogens is 1. The van der Waals surface area contributed by atoms with Gasteiger partial charge in [0.2, 0.25) is 0 Å². The van der Waals surface area contributed by atoms with Crippen molar-refractivity contribution in [3.05, 3.63) is 65.4 Å². The summed E-state index contributed by atoms with van der Waals surface area (Å²) in [7, 11) is 3.51. The van der Waals surface area contributed by atoms with Crippen LogP contribution in [0.1, 0.15) is 16.8 Å². The maximum absolute atomic E-state index is 5.41. The Kier molecular flexibility index (Phi) is 8.63. The SMILES string of the molecule is CN=C(NCCc1ccccc1OC)NCCc1c(C)[nH]c2ccccc12.I. The average Bonchev–Trinajstić information content (AvgIpc) is 3.02. The molecule has 1 aromatic heterocycles. The van der Waals surface area contributed by atoms with Gasteiger partial charge in [0.1, 0.15) is 5.75 Å². The second-order valence-electron chi connectivity index (χ2n) is 6.51. The molecule has 28 heavy (non-hydrogen) atoms. The minimum Gasteiger partial charge on any atom is -0.496 e. The van der Waals surface area contributed by atoms with Crippen molar-refractivity contribution in [3.63, 3.8) is 0 Å². The van der Waals surface area contributed by atoms with Crippen molar-refractivity contribution in [1.29, 1.82) is 0 Å². The molecule has 0 aliphatic carbocycles. The molecule has 0 saturated heterocycles. The van der Waals surface area contributed by atoms with Crippen molar-refractivity contribution in [2.24, 2.45) is 4.99 Å². The van der Waals surface area contributed by atoms with Crippen molar-refractivity contribution in [1.82, 2.24) is 15.6 Å². The summed E-state index contributed by atoms with van der Waals surface area (Å²) in [4.78, 5) is 7.78. The van der Waals surface area contributed by atoms with Crippen molar-refractivity contribution in [2.45, 2.75) is 19.8 Å². The van der Waals surface area contributed by atoms with Crippen LogP contribution in [0.4, 0.5) is 0 Å². The Bertz CT molecular complexity index is 920. The number of para-hydroxylation sites is 2. The highest BCUT2D eigenvalue weighted by Gasteiger charge is 2.08. The van der Waals surface area contributed by atoms with Crippen LogP contribution in [0.2, 0.25) is 0 Å². The number of hydrogen-bond donors (Lipinski definition) is 3. The molecular weight excluding hydrogens is 463 g/mol. The van der Waals surface area contributed by atoms with Crippen LogP contribution in [0.25, 0.3) is 10.9 Å². The van der Waals surface area contributed by atoms with E-state index in [1.54, 1.807) is 14.2 Å². The number of hydrogen-bond acceptors (Lipinski definition) is 2. The second-order valence-corrected chi connectivity index (χ2v) is 6.51. The van der Waals surface area contributed by atoms with Crippen LogP contribution in [0.15, 0.2) is 53.5 Å². The smallest absolute Gasteiger partial charge is 0.190 e. The second kappa shape index (κ2) is 10.9. The number of nitrogens with one attached hydrogen (secondary N) is 3. The average molecular weight is 492 g/mol. The number of aryl methyl sites for hydroxylation is 1. The first-order valence-electron chi connectivity index (χ1n) is 9.35. The number of aromatic nitrogens is 1. The molecule has 0 atom stereocenters. The van der Waals surface area contributed by atoms with Gasteiger partial charge in [-0.05, 0) is 43.0 Å². The fourth-order valence-corrected chi connectivity index (χ4v) is 3.41. The van der Waals surface area contributed by atoms with E-state index in [9.17, 15) is 0 Å². The molecule has 150 valence electrons. The van der Waals surface area contributed by atoms with Gasteiger partial charge in [-0.15, -0.1) is 24.0 Å². The van der Waals surface area contributed by atoms with E-state index in [2.05, 4.69) is 57.9 Å². The molecule has 2 aromatic carbocycles. The Morgan fingerprint density at radius 2 is 1.68 bits per heavy atom. The predicted octanol–water partition coefficient (Wildman–Crippen LogP) is 4.05. The van der Waals surface area contributed by atoms with Crippen LogP contribution in [0, 0.1) is 6.92 Å². The molecule has 0 aliphatic rings. The van der Waals surface area contributed by atoms with Crippen molar-refractivity contribution < 1.29 is 4.74 Å². The molecule has 0 aliphatic heterocycles. The van der Waals surface area contributed by atoms with E-state index in [0.717, 1.165) is 37.6 Å². The van der Waals surface area contributed by atoms with Gasteiger partial charge < -0.3 is 20.4 Å². The Balaban J connectivity index is 0.00000280. The van der Waals surface area contributed by atoms with Crippen molar-refractivity contribution in [3.8, 4) is 5.75 Å². The van der Waals surface area contributed by atoms with Gasteiger partial charge in [-0.25, -0.2) is 0 Å². The minimum atomic E-state index is 0. The molecule has 0 bridgehead atoms. The molecule has 0 spiro atoms. The van der Waals surface area contributed by atoms with E-state index in [-0.39, 0.29) is 24.0 Å². The molecule has 0 fully saturated rings. The zero-order valence-corrected chi connectivity index (χ0v) is 19.0. The topological polar surface area (TPSA) is 61.4 Å². The number of fused-ring (bicyclic) bond motifs is 1. The summed E-state index contributed by atoms with van der Waals surface area (Å²) >= 11 is 0. The van der Waals surface area contributed by atoms with Gasteiger partial charge in [-0.3, -0.25) is 4.99 Å². The molecular formula is C22H29IN4O. The lowest BCUT2D eigenvalue weighted by Gasteiger charge is -2.13. The summed E-state index contributed by atoms with van der Waals surface area (Å²) < 4.78 is 5.41. The molecule has 3 aromatic rings. The first-order valence-corrected chi connectivity index (χ1v) is 9.35. The zero-order chi connectivity index (χ0) is 19.1. The van der Waals surface area contributed by atoms with Crippen LogP contribution < -0.4 is 15.4 Å². The Morgan fingerprint density at radius 3 is 2.43 bits per heavy atom. The van der Waals surface area contributed by atoms with Crippen molar-refractivity contribution in [2.75, 3.05) is 27.2 Å². The number of H-pyrrole nitrogens is 1. The summed E-state index contributed by atoms with van der Waals surface area (Å²) in [6.45, 7) is 3.76. The lowest BCUT2D eigenvalue weighted by molar-refractivity contribution is 0.409. The van der Waals surface area contributed by atoms with Crippen LogP contribution in [-0.2, 0) is 12.8 Å². The largest absolute Gasteiger partial charge is 0.496 e. The highest BCUT2D eigenvalue weighted by atomic mass is 127. The van der Waals surface area contributed by atoms with E-state index in [4.69, 9.17) is 4.74 Å². The molecule has 3 N–H and O–H groups in total.